The van der Waals surface area contributed by atoms with Gasteiger partial charge in [0.2, 0.25) is 0 Å². The van der Waals surface area contributed by atoms with E-state index in [1.165, 1.54) is 6.42 Å². The van der Waals surface area contributed by atoms with E-state index in [1.807, 2.05) is 0 Å². The van der Waals surface area contributed by atoms with Gasteiger partial charge in [-0.3, -0.25) is 9.89 Å². The van der Waals surface area contributed by atoms with Crippen LogP contribution in [0.15, 0.2) is 4.99 Å². The lowest BCUT2D eigenvalue weighted by atomic mass is 10.1. The first kappa shape index (κ1) is 23.9. The Labute approximate surface area is 176 Å². The highest BCUT2D eigenvalue weighted by Crippen LogP contribution is 2.18. The molecule has 3 atom stereocenters. The van der Waals surface area contributed by atoms with Crippen LogP contribution < -0.4 is 10.6 Å². The Balaban J connectivity index is 0.00000338. The van der Waals surface area contributed by atoms with Crippen LogP contribution in [-0.4, -0.2) is 75.0 Å². The Hall–Kier alpha value is -0.120. The van der Waals surface area contributed by atoms with Crippen LogP contribution in [0.2, 0.25) is 0 Å². The van der Waals surface area contributed by atoms with Crippen molar-refractivity contribution in [2.45, 2.75) is 65.1 Å². The van der Waals surface area contributed by atoms with Crippen molar-refractivity contribution in [2.24, 2.45) is 10.9 Å². The summed E-state index contributed by atoms with van der Waals surface area (Å²) in [5.74, 6) is 1.57. The minimum Gasteiger partial charge on any atom is -0.379 e. The third kappa shape index (κ3) is 8.27. The molecule has 0 amide bonds. The number of rotatable bonds is 9. The smallest absolute Gasteiger partial charge is 0.191 e. The average Bonchev–Trinajstić information content (AvgIpc) is 3.21. The summed E-state index contributed by atoms with van der Waals surface area (Å²) in [4.78, 5) is 7.25. The molecule has 26 heavy (non-hydrogen) atoms. The van der Waals surface area contributed by atoms with Crippen LogP contribution in [0.5, 0.6) is 0 Å². The van der Waals surface area contributed by atoms with Crippen molar-refractivity contribution >= 4 is 29.9 Å². The molecule has 0 aliphatic carbocycles. The lowest BCUT2D eigenvalue weighted by Gasteiger charge is -2.22. The van der Waals surface area contributed by atoms with Crippen LogP contribution in [0.1, 0.15) is 47.0 Å². The number of likely N-dealkylation sites (tertiary alicyclic amines) is 1. The molecule has 0 saturated carbocycles. The van der Waals surface area contributed by atoms with Gasteiger partial charge in [0.1, 0.15) is 0 Å². The number of aliphatic imine (C=N–C) groups is 1. The highest BCUT2D eigenvalue weighted by atomic mass is 127. The maximum absolute atomic E-state index is 5.71. The van der Waals surface area contributed by atoms with Gasteiger partial charge in [-0.05, 0) is 46.0 Å². The van der Waals surface area contributed by atoms with Gasteiger partial charge in [-0.1, -0.05) is 6.92 Å². The summed E-state index contributed by atoms with van der Waals surface area (Å²) in [6.07, 6.45) is 3.57. The van der Waals surface area contributed by atoms with Crippen LogP contribution in [0.4, 0.5) is 0 Å². The molecule has 0 bridgehead atoms. The molecule has 0 aromatic rings. The normalized spacial score (nSPS) is 27.0. The topological polar surface area (TPSA) is 58.1 Å². The maximum atomic E-state index is 5.71. The fourth-order valence-electron chi connectivity index (χ4n) is 3.46. The standard InChI is InChI=1S/C19H38N4O2.HI/c1-5-20-19(22-18-13-23(15(2)3)12-16(18)4)21-9-7-10-24-14-17-8-6-11-25-17;/h15-18H,5-14H2,1-4H3,(H2,20,21,22);1H. The van der Waals surface area contributed by atoms with E-state index in [0.29, 0.717) is 24.1 Å². The molecule has 2 heterocycles. The van der Waals surface area contributed by atoms with Crippen LogP contribution in [-0.2, 0) is 9.47 Å². The molecule has 0 aromatic carbocycles. The van der Waals surface area contributed by atoms with E-state index in [-0.39, 0.29) is 24.0 Å². The monoisotopic (exact) mass is 482 g/mol. The van der Waals surface area contributed by atoms with Crippen molar-refractivity contribution in [3.05, 3.63) is 0 Å². The third-order valence-electron chi connectivity index (χ3n) is 5.08. The molecule has 7 heteroatoms. The predicted molar refractivity (Wildman–Crippen MR) is 119 cm³/mol. The number of hydrogen-bond donors (Lipinski definition) is 2. The van der Waals surface area contributed by atoms with Gasteiger partial charge < -0.3 is 20.1 Å². The second-order valence-electron chi connectivity index (χ2n) is 7.60. The average molecular weight is 482 g/mol. The number of nitrogens with one attached hydrogen (secondary N) is 2. The quantitative estimate of drug-likeness (QED) is 0.229. The number of hydrogen-bond acceptors (Lipinski definition) is 4. The summed E-state index contributed by atoms with van der Waals surface area (Å²) in [7, 11) is 0. The minimum atomic E-state index is 0. The Morgan fingerprint density at radius 1 is 1.35 bits per heavy atom. The molecule has 2 rings (SSSR count). The first-order valence-corrected chi connectivity index (χ1v) is 10.1. The Morgan fingerprint density at radius 2 is 2.15 bits per heavy atom. The highest BCUT2D eigenvalue weighted by Gasteiger charge is 2.31. The molecule has 0 aromatic heterocycles. The van der Waals surface area contributed by atoms with Gasteiger partial charge in [-0.2, -0.15) is 0 Å². The molecule has 6 nitrogen and oxygen atoms in total. The summed E-state index contributed by atoms with van der Waals surface area (Å²) in [6, 6.07) is 1.07. The van der Waals surface area contributed by atoms with Gasteiger partial charge in [0.05, 0.1) is 12.7 Å². The van der Waals surface area contributed by atoms with Gasteiger partial charge in [-0.15, -0.1) is 24.0 Å². The van der Waals surface area contributed by atoms with Crippen molar-refractivity contribution < 1.29 is 9.47 Å². The third-order valence-corrected chi connectivity index (χ3v) is 5.08. The molecule has 2 aliphatic heterocycles. The van der Waals surface area contributed by atoms with Crippen molar-refractivity contribution in [2.75, 3.05) is 46.0 Å². The van der Waals surface area contributed by atoms with Crippen molar-refractivity contribution in [1.29, 1.82) is 0 Å². The van der Waals surface area contributed by atoms with Crippen LogP contribution in [0, 0.1) is 5.92 Å². The van der Waals surface area contributed by atoms with Gasteiger partial charge in [0.15, 0.2) is 5.96 Å². The fraction of sp³-hybridized carbons (Fsp3) is 0.947. The van der Waals surface area contributed by atoms with Gasteiger partial charge in [0.25, 0.3) is 0 Å². The number of halogens is 1. The summed E-state index contributed by atoms with van der Waals surface area (Å²) < 4.78 is 11.3. The molecule has 0 spiro atoms. The van der Waals surface area contributed by atoms with Gasteiger partial charge in [0, 0.05) is 51.5 Å². The van der Waals surface area contributed by atoms with Crippen LogP contribution in [0.3, 0.4) is 0 Å². The molecule has 0 radical (unpaired) electrons. The van der Waals surface area contributed by atoms with Crippen LogP contribution >= 0.6 is 24.0 Å². The van der Waals surface area contributed by atoms with E-state index in [2.05, 4.69) is 43.2 Å². The van der Waals surface area contributed by atoms with E-state index in [9.17, 15) is 0 Å². The minimum absolute atomic E-state index is 0. The Morgan fingerprint density at radius 3 is 2.77 bits per heavy atom. The molecule has 2 aliphatic rings. The zero-order valence-corrected chi connectivity index (χ0v) is 19.3. The Kier molecular flexibility index (Phi) is 12.1. The lowest BCUT2D eigenvalue weighted by molar-refractivity contribution is 0.0171. The first-order valence-electron chi connectivity index (χ1n) is 10.1. The SMILES string of the molecule is CCNC(=NCCCOCC1CCCO1)NC1CN(C(C)C)CC1C.I. The number of guanidine groups is 1. The number of ether oxygens (including phenoxy) is 2. The maximum Gasteiger partial charge on any atom is 0.191 e. The summed E-state index contributed by atoms with van der Waals surface area (Å²) in [5, 5.41) is 6.99. The van der Waals surface area contributed by atoms with Gasteiger partial charge in [-0.25, -0.2) is 0 Å². The molecule has 2 N–H and O–H groups in total. The van der Waals surface area contributed by atoms with Crippen molar-refractivity contribution in [3.63, 3.8) is 0 Å². The molecular formula is C19H39IN4O2. The first-order chi connectivity index (χ1) is 12.1. The molecule has 2 fully saturated rings. The number of nitrogens with zero attached hydrogens (tertiary/aromatic N) is 2. The zero-order valence-electron chi connectivity index (χ0n) is 17.0. The van der Waals surface area contributed by atoms with E-state index in [4.69, 9.17) is 14.5 Å². The van der Waals surface area contributed by atoms with E-state index in [0.717, 1.165) is 64.8 Å². The predicted octanol–water partition coefficient (Wildman–Crippen LogP) is 2.47. The molecule has 3 unspecified atom stereocenters. The second kappa shape index (κ2) is 13.1. The van der Waals surface area contributed by atoms with E-state index in [1.54, 1.807) is 0 Å². The second-order valence-corrected chi connectivity index (χ2v) is 7.60. The van der Waals surface area contributed by atoms with E-state index >= 15 is 0 Å². The largest absolute Gasteiger partial charge is 0.379 e. The highest BCUT2D eigenvalue weighted by molar-refractivity contribution is 14.0. The summed E-state index contributed by atoms with van der Waals surface area (Å²) >= 11 is 0. The summed E-state index contributed by atoms with van der Waals surface area (Å²) in [6.45, 7) is 15.3. The van der Waals surface area contributed by atoms with Crippen molar-refractivity contribution in [3.8, 4) is 0 Å². The zero-order chi connectivity index (χ0) is 18.1. The van der Waals surface area contributed by atoms with E-state index < -0.39 is 0 Å². The molecule has 154 valence electrons. The van der Waals surface area contributed by atoms with Gasteiger partial charge >= 0.3 is 0 Å². The fourth-order valence-corrected chi connectivity index (χ4v) is 3.46. The summed E-state index contributed by atoms with van der Waals surface area (Å²) in [5.41, 5.74) is 0. The van der Waals surface area contributed by atoms with Crippen molar-refractivity contribution in [1.82, 2.24) is 15.5 Å². The Bertz CT molecular complexity index is 403. The molecule has 2 saturated heterocycles. The lowest BCUT2D eigenvalue weighted by Crippen LogP contribution is -2.46. The van der Waals surface area contributed by atoms with Crippen LogP contribution in [0.25, 0.3) is 0 Å². The molecular weight excluding hydrogens is 443 g/mol.